The Bertz CT molecular complexity index is 553. The number of carbonyl (C=O) groups excluding carboxylic acids is 1. The van der Waals surface area contributed by atoms with Crippen LogP contribution in [0.4, 0.5) is 5.82 Å². The highest BCUT2D eigenvalue weighted by molar-refractivity contribution is 5.94. The third-order valence-electron chi connectivity index (χ3n) is 4.50. The van der Waals surface area contributed by atoms with Crippen molar-refractivity contribution in [3.63, 3.8) is 0 Å². The largest absolute Gasteiger partial charge is 0.357 e. The van der Waals surface area contributed by atoms with E-state index in [0.717, 1.165) is 31.7 Å². The van der Waals surface area contributed by atoms with Crippen LogP contribution in [-0.2, 0) is 0 Å². The molecule has 2 rings (SSSR count). The van der Waals surface area contributed by atoms with Gasteiger partial charge in [-0.2, -0.15) is 0 Å². The van der Waals surface area contributed by atoms with Gasteiger partial charge >= 0.3 is 0 Å². The molecule has 0 spiro atoms. The van der Waals surface area contributed by atoms with Gasteiger partial charge in [0.15, 0.2) is 0 Å². The van der Waals surface area contributed by atoms with Crippen LogP contribution < -0.4 is 10.2 Å². The van der Waals surface area contributed by atoms with E-state index in [0.29, 0.717) is 17.6 Å². The second kappa shape index (κ2) is 7.98. The van der Waals surface area contributed by atoms with Gasteiger partial charge in [-0.25, -0.2) is 4.98 Å². The maximum absolute atomic E-state index is 11.8. The summed E-state index contributed by atoms with van der Waals surface area (Å²) in [7, 11) is 2.08. The minimum atomic E-state index is -0.185. The van der Waals surface area contributed by atoms with E-state index >= 15 is 0 Å². The molecule has 0 radical (unpaired) electrons. The zero-order chi connectivity index (χ0) is 16.8. The molecule has 1 N–H and O–H groups in total. The number of carbonyl (C=O) groups is 1. The van der Waals surface area contributed by atoms with Crippen molar-refractivity contribution in [2.45, 2.75) is 38.8 Å². The average Bonchev–Trinajstić information content (AvgIpc) is 2.59. The second-order valence-corrected chi connectivity index (χ2v) is 6.26. The van der Waals surface area contributed by atoms with E-state index in [-0.39, 0.29) is 12.5 Å². The lowest BCUT2D eigenvalue weighted by molar-refractivity contribution is 0.0958. The smallest absolute Gasteiger partial charge is 0.253 e. The predicted molar refractivity (Wildman–Crippen MR) is 93.5 cm³/mol. The first-order chi connectivity index (χ1) is 11.0. The molecule has 1 aromatic heterocycles. The lowest BCUT2D eigenvalue weighted by Gasteiger charge is -2.39. The van der Waals surface area contributed by atoms with Gasteiger partial charge in [-0.3, -0.25) is 4.79 Å². The minimum absolute atomic E-state index is 0.185. The van der Waals surface area contributed by atoms with Gasteiger partial charge in [0.25, 0.3) is 5.91 Å². The third kappa shape index (κ3) is 4.46. The normalized spacial score (nSPS) is 16.1. The van der Waals surface area contributed by atoms with Gasteiger partial charge in [0, 0.05) is 38.4 Å². The van der Waals surface area contributed by atoms with Crippen molar-refractivity contribution in [3.8, 4) is 12.3 Å². The first-order valence-electron chi connectivity index (χ1n) is 8.17. The molecule has 5 nitrogen and oxygen atoms in total. The molecule has 1 aliphatic rings. The number of likely N-dealkylation sites (tertiary alicyclic amines) is 1. The summed E-state index contributed by atoms with van der Waals surface area (Å²) < 4.78 is 0. The average molecular weight is 314 g/mol. The van der Waals surface area contributed by atoms with Crippen molar-refractivity contribution in [1.29, 1.82) is 0 Å². The molecule has 1 amide bonds. The molecule has 0 atom stereocenters. The number of hydrogen-bond donors (Lipinski definition) is 1. The lowest BCUT2D eigenvalue weighted by atomic mass is 10.0. The van der Waals surface area contributed by atoms with Gasteiger partial charge in [0.05, 0.1) is 12.1 Å². The van der Waals surface area contributed by atoms with E-state index < -0.39 is 0 Å². The van der Waals surface area contributed by atoms with Gasteiger partial charge in [-0.1, -0.05) is 5.92 Å². The monoisotopic (exact) mass is 314 g/mol. The van der Waals surface area contributed by atoms with E-state index in [1.54, 1.807) is 12.3 Å². The van der Waals surface area contributed by atoms with Gasteiger partial charge in [0.2, 0.25) is 0 Å². The van der Waals surface area contributed by atoms with Gasteiger partial charge in [0.1, 0.15) is 5.82 Å². The number of anilines is 1. The van der Waals surface area contributed by atoms with Crippen LogP contribution in [0.3, 0.4) is 0 Å². The Kier molecular flexibility index (Phi) is 6.00. The molecule has 0 bridgehead atoms. The molecule has 23 heavy (non-hydrogen) atoms. The fourth-order valence-electron chi connectivity index (χ4n) is 2.94. The zero-order valence-corrected chi connectivity index (χ0v) is 14.2. The van der Waals surface area contributed by atoms with Crippen LogP contribution in [0.1, 0.15) is 37.0 Å². The molecule has 5 heteroatoms. The molecule has 1 aliphatic heterocycles. The maximum atomic E-state index is 11.8. The van der Waals surface area contributed by atoms with Crippen molar-refractivity contribution >= 4 is 11.7 Å². The summed E-state index contributed by atoms with van der Waals surface area (Å²) in [5.41, 5.74) is 0.534. The van der Waals surface area contributed by atoms with Crippen LogP contribution in [0.2, 0.25) is 0 Å². The van der Waals surface area contributed by atoms with Crippen LogP contribution in [0.15, 0.2) is 18.3 Å². The van der Waals surface area contributed by atoms with E-state index in [4.69, 9.17) is 6.42 Å². The van der Waals surface area contributed by atoms with E-state index in [1.807, 2.05) is 6.07 Å². The first-order valence-corrected chi connectivity index (χ1v) is 8.17. The van der Waals surface area contributed by atoms with Crippen LogP contribution in [-0.4, -0.2) is 54.6 Å². The zero-order valence-electron chi connectivity index (χ0n) is 14.2. The number of nitrogens with zero attached hydrogens (tertiary/aromatic N) is 3. The number of amides is 1. The quantitative estimate of drug-likeness (QED) is 0.841. The van der Waals surface area contributed by atoms with Gasteiger partial charge in [-0.05, 0) is 38.8 Å². The SMILES string of the molecule is C#CCNC(=O)c1ccc(N(C)C2CCN(C(C)C)CC2)nc1. The number of nitrogens with one attached hydrogen (secondary N) is 1. The lowest BCUT2D eigenvalue weighted by Crippen LogP contribution is -2.45. The summed E-state index contributed by atoms with van der Waals surface area (Å²) in [5.74, 6) is 3.11. The van der Waals surface area contributed by atoms with Gasteiger partial charge in [-0.15, -0.1) is 6.42 Å². The summed E-state index contributed by atoms with van der Waals surface area (Å²) in [4.78, 5) is 21.0. The summed E-state index contributed by atoms with van der Waals surface area (Å²) >= 11 is 0. The molecule has 1 aromatic rings. The van der Waals surface area contributed by atoms with Crippen molar-refractivity contribution in [1.82, 2.24) is 15.2 Å². The highest BCUT2D eigenvalue weighted by Gasteiger charge is 2.24. The molecule has 0 aliphatic carbocycles. The predicted octanol–water partition coefficient (Wildman–Crippen LogP) is 1.75. The molecule has 1 saturated heterocycles. The van der Waals surface area contributed by atoms with E-state index in [9.17, 15) is 4.79 Å². The van der Waals surface area contributed by atoms with Crippen molar-refractivity contribution in [2.75, 3.05) is 31.6 Å². The molecular weight excluding hydrogens is 288 g/mol. The Morgan fingerprint density at radius 1 is 1.48 bits per heavy atom. The molecular formula is C18H26N4O. The van der Waals surface area contributed by atoms with Crippen LogP contribution >= 0.6 is 0 Å². The molecule has 0 aromatic carbocycles. The highest BCUT2D eigenvalue weighted by Crippen LogP contribution is 2.21. The molecule has 0 saturated carbocycles. The number of rotatable bonds is 5. The highest BCUT2D eigenvalue weighted by atomic mass is 16.1. The fraction of sp³-hybridized carbons (Fsp3) is 0.556. The molecule has 124 valence electrons. The number of hydrogen-bond acceptors (Lipinski definition) is 4. The van der Waals surface area contributed by atoms with E-state index in [1.165, 1.54) is 0 Å². The Labute approximate surface area is 139 Å². The summed E-state index contributed by atoms with van der Waals surface area (Å²) in [5, 5.41) is 2.64. The third-order valence-corrected chi connectivity index (χ3v) is 4.50. The number of piperidine rings is 1. The molecule has 1 fully saturated rings. The molecule has 2 heterocycles. The Morgan fingerprint density at radius 3 is 2.70 bits per heavy atom. The standard InChI is InChI=1S/C18H26N4O/c1-5-10-19-18(23)15-6-7-17(20-13-15)21(4)16-8-11-22(12-9-16)14(2)3/h1,6-7,13-14,16H,8-12H2,2-4H3,(H,19,23). The van der Waals surface area contributed by atoms with Crippen LogP contribution in [0.5, 0.6) is 0 Å². The van der Waals surface area contributed by atoms with Gasteiger partial charge < -0.3 is 15.1 Å². The number of terminal acetylenes is 1. The number of aromatic nitrogens is 1. The Morgan fingerprint density at radius 2 is 2.17 bits per heavy atom. The minimum Gasteiger partial charge on any atom is -0.357 e. The van der Waals surface area contributed by atoms with Crippen molar-refractivity contribution in [3.05, 3.63) is 23.9 Å². The first kappa shape index (κ1) is 17.3. The van der Waals surface area contributed by atoms with Crippen LogP contribution in [0.25, 0.3) is 0 Å². The second-order valence-electron chi connectivity index (χ2n) is 6.26. The Balaban J connectivity index is 1.94. The molecule has 0 unspecified atom stereocenters. The number of pyridine rings is 1. The summed E-state index contributed by atoms with van der Waals surface area (Å²) in [6.45, 7) is 6.97. The Hall–Kier alpha value is -2.06. The van der Waals surface area contributed by atoms with Crippen LogP contribution in [0, 0.1) is 12.3 Å². The van der Waals surface area contributed by atoms with E-state index in [2.05, 4.69) is 46.9 Å². The summed E-state index contributed by atoms with van der Waals surface area (Å²) in [6.07, 6.45) is 9.03. The van der Waals surface area contributed by atoms with Crippen molar-refractivity contribution < 1.29 is 4.79 Å². The fourth-order valence-corrected chi connectivity index (χ4v) is 2.94. The van der Waals surface area contributed by atoms with Crippen molar-refractivity contribution in [2.24, 2.45) is 0 Å². The maximum Gasteiger partial charge on any atom is 0.253 e. The topological polar surface area (TPSA) is 48.5 Å². The summed E-state index contributed by atoms with van der Waals surface area (Å²) in [6, 6.07) is 4.81.